The third kappa shape index (κ3) is 7.76. The number of hydrogen-bond acceptors (Lipinski definition) is 14. The summed E-state index contributed by atoms with van der Waals surface area (Å²) in [6, 6.07) is 0. The highest BCUT2D eigenvalue weighted by Crippen LogP contribution is 2.76. The van der Waals surface area contributed by atoms with Crippen LogP contribution in [-0.2, 0) is 28.5 Å². The SMILES string of the molecule is CC(=O)OC[C@H]1O[C@@H](O[C@H]2C[C@]3(C)[C@@H](C[C@@H](O)[C@@H]4[C@@H]([C@@](C)(O)CCC=C(C)C)CC[C@]43C)[C@@]3(C)CC[C@H](O)C(C)(C)[C@H]23)[C@H](O[C@@H]2O[C@@H](C)[C@H](O)[C@@H](O)[C@H]2O)[C@@H](O)[C@@H]1O. The van der Waals surface area contributed by atoms with E-state index in [0.29, 0.717) is 32.1 Å². The number of aliphatic hydroxyl groups excluding tert-OH is 7. The van der Waals surface area contributed by atoms with Crippen LogP contribution in [0, 0.1) is 45.3 Å². The first-order chi connectivity index (χ1) is 26.8. The number of ether oxygens (including phenoxy) is 5. The van der Waals surface area contributed by atoms with Crippen LogP contribution in [0.2, 0.25) is 0 Å². The Morgan fingerprint density at radius 1 is 0.828 bits per heavy atom. The van der Waals surface area contributed by atoms with Crippen molar-refractivity contribution in [3.8, 4) is 0 Å². The van der Waals surface area contributed by atoms with Crippen molar-refractivity contribution < 1.29 is 69.3 Å². The number of rotatable bonds is 10. The molecule has 0 amide bonds. The lowest BCUT2D eigenvalue weighted by Gasteiger charge is -2.72. The smallest absolute Gasteiger partial charge is 0.302 e. The van der Waals surface area contributed by atoms with Crippen LogP contribution in [0.1, 0.15) is 121 Å². The Hall–Kier alpha value is -1.27. The molecule has 2 aliphatic heterocycles. The number of hydrogen-bond donors (Lipinski definition) is 8. The van der Waals surface area contributed by atoms with Gasteiger partial charge < -0.3 is 64.5 Å². The van der Waals surface area contributed by atoms with E-state index in [9.17, 15) is 45.6 Å². The van der Waals surface area contributed by atoms with Crippen molar-refractivity contribution in [2.45, 2.75) is 206 Å². The zero-order valence-electron chi connectivity index (χ0n) is 36.3. The van der Waals surface area contributed by atoms with Gasteiger partial charge in [0.2, 0.25) is 0 Å². The van der Waals surface area contributed by atoms with Gasteiger partial charge in [0.1, 0.15) is 49.3 Å². The summed E-state index contributed by atoms with van der Waals surface area (Å²) in [4.78, 5) is 11.9. The lowest BCUT2D eigenvalue weighted by atomic mass is 9.34. The van der Waals surface area contributed by atoms with Crippen molar-refractivity contribution >= 4 is 5.97 Å². The molecule has 0 unspecified atom stereocenters. The van der Waals surface area contributed by atoms with Gasteiger partial charge in [-0.25, -0.2) is 0 Å². The van der Waals surface area contributed by atoms with Gasteiger partial charge in [0.05, 0.1) is 30.0 Å². The van der Waals surface area contributed by atoms with Crippen LogP contribution in [0.5, 0.6) is 0 Å². The molecule has 58 heavy (non-hydrogen) atoms. The third-order valence-electron chi connectivity index (χ3n) is 16.7. The lowest BCUT2D eigenvalue weighted by molar-refractivity contribution is -0.382. The maximum atomic E-state index is 12.3. The van der Waals surface area contributed by atoms with E-state index in [4.69, 9.17) is 23.7 Å². The second kappa shape index (κ2) is 16.5. The van der Waals surface area contributed by atoms with E-state index in [1.807, 2.05) is 34.6 Å². The first-order valence-electron chi connectivity index (χ1n) is 21.7. The molecule has 6 aliphatic rings. The summed E-state index contributed by atoms with van der Waals surface area (Å²) in [6.45, 7) is 19.2. The Morgan fingerprint density at radius 3 is 2.14 bits per heavy atom. The normalized spacial score (nSPS) is 51.1. The van der Waals surface area contributed by atoms with Gasteiger partial charge in [-0.05, 0) is 124 Å². The zero-order chi connectivity index (χ0) is 43.1. The molecule has 14 nitrogen and oxygen atoms in total. The second-order valence-electron chi connectivity index (χ2n) is 20.9. The fraction of sp³-hybridized carbons (Fsp3) is 0.932. The molecule has 4 aliphatic carbocycles. The molecule has 0 aromatic carbocycles. The summed E-state index contributed by atoms with van der Waals surface area (Å²) >= 11 is 0. The standard InChI is InChI=1S/C44H74O14/c1-21(2)12-11-15-44(10,53)24-13-17-42(8)30(24)25(46)18-28-41(7)16-14-29(47)40(5,6)37(41)26(19-43(28,42)9)56-39-36(34(51)32(49)27(57-39)20-54-23(4)45)58-38-35(52)33(50)31(48)22(3)55-38/h12,22,24-39,46-53H,11,13-20H2,1-10H3/t22-,24-,25+,26-,27+,28-,29-,30-,31-,32+,33+,34-,35+,36+,37-,38-,39+,41+,42+,43+,44-/m0/s1. The summed E-state index contributed by atoms with van der Waals surface area (Å²) < 4.78 is 30.7. The fourth-order valence-corrected chi connectivity index (χ4v) is 13.5. The summed E-state index contributed by atoms with van der Waals surface area (Å²) in [5.74, 6) is -1.23. The maximum Gasteiger partial charge on any atom is 0.302 e. The number of fused-ring (bicyclic) bond motifs is 5. The Morgan fingerprint density at radius 2 is 1.50 bits per heavy atom. The first-order valence-corrected chi connectivity index (χ1v) is 21.7. The Balaban J connectivity index is 1.40. The minimum atomic E-state index is -1.72. The van der Waals surface area contributed by atoms with Gasteiger partial charge in [0.25, 0.3) is 0 Å². The van der Waals surface area contributed by atoms with Crippen molar-refractivity contribution in [2.75, 3.05) is 6.61 Å². The quantitative estimate of drug-likeness (QED) is 0.0902. The monoisotopic (exact) mass is 827 g/mol. The molecule has 0 bridgehead atoms. The molecule has 0 radical (unpaired) electrons. The number of allylic oxidation sites excluding steroid dienone is 2. The molecule has 334 valence electrons. The van der Waals surface area contributed by atoms with Crippen LogP contribution in [0.4, 0.5) is 0 Å². The first kappa shape index (κ1) is 46.2. The molecule has 14 heteroatoms. The average molecular weight is 827 g/mol. The molecule has 21 atom stereocenters. The highest BCUT2D eigenvalue weighted by Gasteiger charge is 2.73. The Kier molecular flexibility index (Phi) is 13.1. The second-order valence-corrected chi connectivity index (χ2v) is 20.9. The molecule has 0 spiro atoms. The van der Waals surface area contributed by atoms with Crippen molar-refractivity contribution in [3.05, 3.63) is 11.6 Å². The summed E-state index contributed by atoms with van der Waals surface area (Å²) in [5, 5.41) is 91.0. The predicted molar refractivity (Wildman–Crippen MR) is 210 cm³/mol. The van der Waals surface area contributed by atoms with Crippen molar-refractivity contribution in [1.82, 2.24) is 0 Å². The lowest BCUT2D eigenvalue weighted by Crippen LogP contribution is -2.71. The molecule has 2 saturated heterocycles. The van der Waals surface area contributed by atoms with Crippen molar-refractivity contribution in [3.63, 3.8) is 0 Å². The van der Waals surface area contributed by atoms with Crippen LogP contribution < -0.4 is 0 Å². The minimum absolute atomic E-state index is 0.0193. The molecule has 8 N–H and O–H groups in total. The average Bonchev–Trinajstić information content (AvgIpc) is 3.52. The zero-order valence-corrected chi connectivity index (χ0v) is 36.3. The number of carbonyl (C=O) groups excluding carboxylic acids is 1. The molecule has 6 fully saturated rings. The van der Waals surface area contributed by atoms with Crippen LogP contribution in [0.25, 0.3) is 0 Å². The van der Waals surface area contributed by atoms with Gasteiger partial charge in [0, 0.05) is 6.92 Å². The molecular formula is C44H74O14. The molecule has 4 saturated carbocycles. The molecule has 0 aromatic rings. The van der Waals surface area contributed by atoms with Crippen molar-refractivity contribution in [1.29, 1.82) is 0 Å². The molecule has 2 heterocycles. The van der Waals surface area contributed by atoms with E-state index >= 15 is 0 Å². The van der Waals surface area contributed by atoms with Gasteiger partial charge in [-0.15, -0.1) is 0 Å². The van der Waals surface area contributed by atoms with Gasteiger partial charge in [-0.1, -0.05) is 46.3 Å². The summed E-state index contributed by atoms with van der Waals surface area (Å²) in [6.07, 6.45) is -9.45. The Bertz CT molecular complexity index is 1500. The van der Waals surface area contributed by atoms with Gasteiger partial charge in [-0.2, -0.15) is 0 Å². The van der Waals surface area contributed by atoms with Crippen LogP contribution in [0.3, 0.4) is 0 Å². The highest BCUT2D eigenvalue weighted by molar-refractivity contribution is 5.65. The largest absolute Gasteiger partial charge is 0.463 e. The minimum Gasteiger partial charge on any atom is -0.463 e. The van der Waals surface area contributed by atoms with Crippen LogP contribution >= 0.6 is 0 Å². The number of aliphatic hydroxyl groups is 8. The third-order valence-corrected chi connectivity index (χ3v) is 16.7. The van der Waals surface area contributed by atoms with Crippen LogP contribution in [-0.4, -0.2) is 139 Å². The van der Waals surface area contributed by atoms with E-state index in [1.165, 1.54) is 19.4 Å². The van der Waals surface area contributed by atoms with E-state index in [2.05, 4.69) is 26.8 Å². The molecule has 0 aromatic heterocycles. The van der Waals surface area contributed by atoms with Gasteiger partial charge in [-0.3, -0.25) is 4.79 Å². The van der Waals surface area contributed by atoms with Crippen LogP contribution in [0.15, 0.2) is 11.6 Å². The maximum absolute atomic E-state index is 12.3. The van der Waals surface area contributed by atoms with E-state index in [0.717, 1.165) is 19.3 Å². The Labute approximate surface area is 344 Å². The number of esters is 1. The summed E-state index contributed by atoms with van der Waals surface area (Å²) in [7, 11) is 0. The van der Waals surface area contributed by atoms with Gasteiger partial charge in [0.15, 0.2) is 12.6 Å². The molecule has 6 rings (SSSR count). The number of carbonyl (C=O) groups is 1. The van der Waals surface area contributed by atoms with E-state index in [1.54, 1.807) is 0 Å². The fourth-order valence-electron chi connectivity index (χ4n) is 13.5. The summed E-state index contributed by atoms with van der Waals surface area (Å²) in [5.41, 5.74) is -1.84. The van der Waals surface area contributed by atoms with Crippen molar-refractivity contribution in [2.24, 2.45) is 45.3 Å². The molecular weight excluding hydrogens is 752 g/mol. The predicted octanol–water partition coefficient (Wildman–Crippen LogP) is 2.72. The van der Waals surface area contributed by atoms with Gasteiger partial charge >= 0.3 is 5.97 Å². The highest BCUT2D eigenvalue weighted by atomic mass is 16.8. The van der Waals surface area contributed by atoms with E-state index in [-0.39, 0.29) is 23.7 Å². The van der Waals surface area contributed by atoms with E-state index < -0.39 is 120 Å². The topological polar surface area (TPSA) is 225 Å².